The van der Waals surface area contributed by atoms with Gasteiger partial charge >= 0.3 is 0 Å². The molecule has 1 saturated heterocycles. The third-order valence-corrected chi connectivity index (χ3v) is 9.68. The Labute approximate surface area is 210 Å². The first-order valence-electron chi connectivity index (χ1n) is 11.4. The number of nitrogens with zero attached hydrogens (tertiary/aromatic N) is 7. The van der Waals surface area contributed by atoms with Gasteiger partial charge in [0.05, 0.1) is 23.5 Å². The van der Waals surface area contributed by atoms with Crippen LogP contribution in [0.4, 0.5) is 4.39 Å². The molecule has 6 rings (SSSR count). The third-order valence-electron chi connectivity index (χ3n) is 7.20. The van der Waals surface area contributed by atoms with Crippen molar-refractivity contribution in [3.63, 3.8) is 0 Å². The van der Waals surface area contributed by atoms with E-state index in [-0.39, 0.29) is 35.6 Å². The molecular weight excluding hydrogens is 505 g/mol. The predicted octanol–water partition coefficient (Wildman–Crippen LogP) is 2.28. The van der Waals surface area contributed by atoms with E-state index in [2.05, 4.69) is 20.3 Å². The van der Waals surface area contributed by atoms with Gasteiger partial charge in [0.1, 0.15) is 5.82 Å². The second kappa shape index (κ2) is 8.39. The Kier molecular flexibility index (Phi) is 5.39. The number of ketones is 1. The second-order valence-electron chi connectivity index (χ2n) is 9.20. The molecule has 3 aromatic heterocycles. The molecule has 36 heavy (non-hydrogen) atoms. The van der Waals surface area contributed by atoms with Crippen molar-refractivity contribution in [2.24, 2.45) is 18.4 Å². The first-order valence-corrected chi connectivity index (χ1v) is 13.7. The molecular formula is C23H22FN7O3S2. The van der Waals surface area contributed by atoms with E-state index in [9.17, 15) is 17.6 Å². The lowest BCUT2D eigenvalue weighted by molar-refractivity contribution is 0.0399. The van der Waals surface area contributed by atoms with Gasteiger partial charge in [-0.15, -0.1) is 16.4 Å². The Morgan fingerprint density at radius 1 is 1.19 bits per heavy atom. The highest BCUT2D eigenvalue weighted by Gasteiger charge is 2.55. The Balaban J connectivity index is 1.42. The summed E-state index contributed by atoms with van der Waals surface area (Å²) in [4.78, 5) is 19.4. The number of sulfonamides is 1. The van der Waals surface area contributed by atoms with Gasteiger partial charge in [-0.3, -0.25) is 4.79 Å². The molecule has 10 nitrogen and oxygen atoms in total. The van der Waals surface area contributed by atoms with Crippen molar-refractivity contribution in [3.05, 3.63) is 70.3 Å². The summed E-state index contributed by atoms with van der Waals surface area (Å²) < 4.78 is 43.5. The van der Waals surface area contributed by atoms with Crippen molar-refractivity contribution in [1.82, 2.24) is 34.1 Å². The molecule has 1 aliphatic heterocycles. The minimum atomic E-state index is -3.94. The van der Waals surface area contributed by atoms with Crippen LogP contribution < -0.4 is 0 Å². The number of aryl methyl sites for hydroxylation is 1. The second-order valence-corrected chi connectivity index (χ2v) is 12.0. The number of piperidine rings is 1. The number of halogens is 1. The lowest BCUT2D eigenvalue weighted by Gasteiger charge is -2.48. The number of benzene rings is 1. The fraction of sp³-hybridized carbons (Fsp3) is 0.348. The van der Waals surface area contributed by atoms with E-state index < -0.39 is 15.4 Å². The molecule has 0 radical (unpaired) electrons. The highest BCUT2D eigenvalue weighted by atomic mass is 32.2. The number of carbonyl (C=O) groups is 1. The number of thiazole rings is 1. The number of carbonyl (C=O) groups excluding carboxylic acids is 1. The molecule has 13 heteroatoms. The number of rotatable bonds is 5. The van der Waals surface area contributed by atoms with Gasteiger partial charge in [-0.05, 0) is 55.0 Å². The molecule has 2 atom stereocenters. The summed E-state index contributed by atoms with van der Waals surface area (Å²) in [6.07, 6.45) is 5.90. The zero-order chi connectivity index (χ0) is 25.1. The van der Waals surface area contributed by atoms with Crippen LogP contribution in [0.2, 0.25) is 0 Å². The van der Waals surface area contributed by atoms with Crippen LogP contribution in [0.3, 0.4) is 0 Å². The Bertz CT molecular complexity index is 1550. The van der Waals surface area contributed by atoms with Gasteiger partial charge in [0.2, 0.25) is 5.03 Å². The number of hydrogen-bond acceptors (Lipinski definition) is 8. The van der Waals surface area contributed by atoms with Gasteiger partial charge in [-0.2, -0.15) is 19.3 Å². The highest BCUT2D eigenvalue weighted by Crippen LogP contribution is 2.48. The lowest BCUT2D eigenvalue weighted by atomic mass is 9.61. The Hall–Kier alpha value is -3.29. The summed E-state index contributed by atoms with van der Waals surface area (Å²) in [6, 6.07) is 6.11. The van der Waals surface area contributed by atoms with Crippen molar-refractivity contribution in [2.75, 3.05) is 13.1 Å². The van der Waals surface area contributed by atoms with Gasteiger partial charge in [0.25, 0.3) is 10.0 Å². The SMILES string of the molecule is Cn1ncc(S(=O)(=O)N2CCC3Cc4c(cnn4-c4ccc(F)cc4)CC3(C(=O)c3nccs3)C2)n1. The monoisotopic (exact) mass is 527 g/mol. The molecule has 2 aliphatic rings. The minimum absolute atomic E-state index is 0.0240. The van der Waals surface area contributed by atoms with Crippen molar-refractivity contribution in [3.8, 4) is 5.69 Å². The standard InChI is InChI=1S/C23H22FN7O3S2/c1-29-26-13-20(28-29)36(33,34)30-8-6-16-10-19-15(12-27-31(19)18-4-2-17(24)3-5-18)11-23(16,14-30)21(32)22-25-7-9-35-22/h2-5,7,9,12-13,16H,6,8,10-11,14H2,1H3. The first-order chi connectivity index (χ1) is 17.3. The van der Waals surface area contributed by atoms with Crippen molar-refractivity contribution in [2.45, 2.75) is 24.3 Å². The van der Waals surface area contributed by atoms with Gasteiger partial charge in [0.15, 0.2) is 10.8 Å². The quantitative estimate of drug-likeness (QED) is 0.366. The van der Waals surface area contributed by atoms with Gasteiger partial charge in [-0.25, -0.2) is 22.5 Å². The molecule has 2 unspecified atom stereocenters. The number of Topliss-reactive ketones (excluding diaryl/α,β-unsaturated/α-hetero) is 1. The highest BCUT2D eigenvalue weighted by molar-refractivity contribution is 7.89. The molecule has 4 heterocycles. The Morgan fingerprint density at radius 3 is 2.69 bits per heavy atom. The number of fused-ring (bicyclic) bond motifs is 2. The van der Waals surface area contributed by atoms with E-state index in [0.29, 0.717) is 24.3 Å². The summed E-state index contributed by atoms with van der Waals surface area (Å²) in [5.74, 6) is -0.600. The normalized spacial score (nSPS) is 22.2. The zero-order valence-electron chi connectivity index (χ0n) is 19.3. The van der Waals surface area contributed by atoms with E-state index in [0.717, 1.165) is 16.9 Å². The largest absolute Gasteiger partial charge is 0.291 e. The van der Waals surface area contributed by atoms with E-state index in [1.165, 1.54) is 38.8 Å². The maximum Gasteiger partial charge on any atom is 0.264 e. The third kappa shape index (κ3) is 3.61. The van der Waals surface area contributed by atoms with E-state index in [1.807, 2.05) is 0 Å². The fourth-order valence-corrected chi connectivity index (χ4v) is 7.51. The van der Waals surface area contributed by atoms with Gasteiger partial charge < -0.3 is 0 Å². The molecule has 0 saturated carbocycles. The Morgan fingerprint density at radius 2 is 2.00 bits per heavy atom. The average Bonchev–Trinajstić information content (AvgIpc) is 3.63. The summed E-state index contributed by atoms with van der Waals surface area (Å²) >= 11 is 1.26. The number of aromatic nitrogens is 6. The van der Waals surface area contributed by atoms with E-state index in [1.54, 1.807) is 41.6 Å². The molecule has 0 amide bonds. The number of hydrogen-bond donors (Lipinski definition) is 0. The van der Waals surface area contributed by atoms with Gasteiger partial charge in [0, 0.05) is 37.4 Å². The first kappa shape index (κ1) is 23.1. The van der Waals surface area contributed by atoms with Crippen LogP contribution >= 0.6 is 11.3 Å². The van der Waals surface area contributed by atoms with Crippen LogP contribution in [0.1, 0.15) is 27.5 Å². The summed E-state index contributed by atoms with van der Waals surface area (Å²) in [5.41, 5.74) is 1.58. The van der Waals surface area contributed by atoms with Crippen molar-refractivity contribution < 1.29 is 17.6 Å². The fourth-order valence-electron chi connectivity index (χ4n) is 5.42. The molecule has 1 aromatic carbocycles. The van der Waals surface area contributed by atoms with Crippen LogP contribution in [0.15, 0.2) is 53.3 Å². The van der Waals surface area contributed by atoms with E-state index >= 15 is 0 Å². The predicted molar refractivity (Wildman–Crippen MR) is 128 cm³/mol. The smallest absolute Gasteiger partial charge is 0.264 e. The minimum Gasteiger partial charge on any atom is -0.291 e. The van der Waals surface area contributed by atoms with Crippen molar-refractivity contribution >= 4 is 27.1 Å². The van der Waals surface area contributed by atoms with Crippen LogP contribution in [0.5, 0.6) is 0 Å². The van der Waals surface area contributed by atoms with Crippen LogP contribution in [-0.2, 0) is 29.9 Å². The zero-order valence-corrected chi connectivity index (χ0v) is 20.9. The van der Waals surface area contributed by atoms with Crippen molar-refractivity contribution in [1.29, 1.82) is 0 Å². The maximum atomic E-state index is 14.0. The molecule has 1 fully saturated rings. The van der Waals surface area contributed by atoms with Gasteiger partial charge in [-0.1, -0.05) is 0 Å². The molecule has 0 bridgehead atoms. The summed E-state index contributed by atoms with van der Waals surface area (Å²) in [7, 11) is -2.38. The summed E-state index contributed by atoms with van der Waals surface area (Å²) in [5, 5.41) is 14.4. The van der Waals surface area contributed by atoms with Crippen LogP contribution in [0, 0.1) is 17.2 Å². The van der Waals surface area contributed by atoms with E-state index in [4.69, 9.17) is 0 Å². The maximum absolute atomic E-state index is 14.0. The molecule has 186 valence electrons. The summed E-state index contributed by atoms with van der Waals surface area (Å²) in [6.45, 7) is 0.284. The molecule has 0 spiro atoms. The van der Waals surface area contributed by atoms with Crippen LogP contribution in [0.25, 0.3) is 5.69 Å². The molecule has 4 aromatic rings. The molecule has 1 aliphatic carbocycles. The topological polar surface area (TPSA) is 116 Å². The average molecular weight is 528 g/mol. The molecule has 0 N–H and O–H groups in total. The van der Waals surface area contributed by atoms with Crippen LogP contribution in [-0.4, -0.2) is 61.4 Å². The lowest BCUT2D eigenvalue weighted by Crippen LogP contribution is -2.57.